The first-order chi connectivity index (χ1) is 16.2. The van der Waals surface area contributed by atoms with Crippen LogP contribution in [0, 0.1) is 51.2 Å². The molecular weight excluding hydrogens is 428 g/mol. The Balaban J connectivity index is 1.37. The van der Waals surface area contributed by atoms with E-state index < -0.39 is 5.91 Å². The lowest BCUT2D eigenvalue weighted by Crippen LogP contribution is -2.54. The summed E-state index contributed by atoms with van der Waals surface area (Å²) in [5.41, 5.74) is 6.31. The summed E-state index contributed by atoms with van der Waals surface area (Å²) >= 11 is 0. The molecule has 192 valence electrons. The quantitative estimate of drug-likeness (QED) is 0.264. The number of rotatable bonds is 8. The van der Waals surface area contributed by atoms with Crippen molar-refractivity contribution >= 4 is 11.9 Å². The first-order valence-electron chi connectivity index (χ1n) is 14.0. The summed E-state index contributed by atoms with van der Waals surface area (Å²) in [6, 6.07) is 0. The van der Waals surface area contributed by atoms with Gasteiger partial charge in [-0.05, 0) is 111 Å². The molecule has 9 atom stereocenters. The number of hydrogen-bond donors (Lipinski definition) is 1. The van der Waals surface area contributed by atoms with Crippen molar-refractivity contribution in [2.24, 2.45) is 57.2 Å². The highest BCUT2D eigenvalue weighted by Gasteiger charge is 2.60. The molecule has 0 bridgehead atoms. The van der Waals surface area contributed by atoms with Crippen LogP contribution in [0.1, 0.15) is 104 Å². The van der Waals surface area contributed by atoms with Gasteiger partial charge in [0.25, 0.3) is 5.91 Å². The predicted octanol–water partition coefficient (Wildman–Crippen LogP) is 6.01. The van der Waals surface area contributed by atoms with Gasteiger partial charge in [-0.1, -0.05) is 33.6 Å². The Morgan fingerprint density at radius 3 is 2.47 bits per heavy atom. The summed E-state index contributed by atoms with van der Waals surface area (Å²) in [5.74, 6) is 3.85. The second-order valence-electron chi connectivity index (χ2n) is 12.7. The Morgan fingerprint density at radius 2 is 1.74 bits per heavy atom. The average Bonchev–Trinajstić information content (AvgIpc) is 3.19. The predicted molar refractivity (Wildman–Crippen MR) is 133 cm³/mol. The molecule has 0 aliphatic heterocycles. The van der Waals surface area contributed by atoms with Crippen molar-refractivity contribution in [2.75, 3.05) is 6.54 Å². The highest BCUT2D eigenvalue weighted by Crippen LogP contribution is 2.68. The summed E-state index contributed by atoms with van der Waals surface area (Å²) < 4.78 is 5.65. The van der Waals surface area contributed by atoms with Gasteiger partial charge in [-0.25, -0.2) is 0 Å². The molecule has 4 rings (SSSR count). The first kappa shape index (κ1) is 25.8. The van der Waals surface area contributed by atoms with Gasteiger partial charge >= 0.3 is 5.97 Å². The zero-order chi connectivity index (χ0) is 24.5. The Morgan fingerprint density at radius 1 is 1.00 bits per heavy atom. The van der Waals surface area contributed by atoms with E-state index in [1.807, 2.05) is 0 Å². The molecule has 0 heterocycles. The second-order valence-corrected chi connectivity index (χ2v) is 12.7. The van der Waals surface area contributed by atoms with E-state index in [2.05, 4.69) is 25.9 Å². The van der Waals surface area contributed by atoms with Crippen molar-refractivity contribution in [3.8, 4) is 0 Å². The maximum absolute atomic E-state index is 11.7. The van der Waals surface area contributed by atoms with Crippen LogP contribution in [0.4, 0.5) is 0 Å². The lowest BCUT2D eigenvalue weighted by atomic mass is 9.44. The molecule has 4 fully saturated rings. The Labute approximate surface area is 205 Å². The first-order valence-corrected chi connectivity index (χ1v) is 14.0. The third-order valence-electron chi connectivity index (χ3n) is 11.2. The molecule has 6 nitrogen and oxygen atoms in total. The molecule has 6 heteroatoms. The summed E-state index contributed by atoms with van der Waals surface area (Å²) in [4.78, 5) is 33.2. The van der Waals surface area contributed by atoms with Crippen molar-refractivity contribution in [3.63, 3.8) is 0 Å². The van der Waals surface area contributed by atoms with Crippen LogP contribution in [0.25, 0.3) is 0 Å². The van der Waals surface area contributed by atoms with E-state index in [9.17, 15) is 14.5 Å². The number of ether oxygens (including phenoxy) is 1. The smallest absolute Gasteiger partial charge is 0.319 e. The number of esters is 1. The van der Waals surface area contributed by atoms with E-state index in [1.165, 1.54) is 44.9 Å². The van der Waals surface area contributed by atoms with E-state index in [4.69, 9.17) is 10.5 Å². The van der Waals surface area contributed by atoms with Gasteiger partial charge < -0.3 is 10.5 Å². The molecular formula is C28H46N2O4. The number of unbranched alkanes of at least 4 members (excludes halogenated alkanes) is 1. The number of fused-ring (bicyclic) bond motifs is 5. The van der Waals surface area contributed by atoms with Gasteiger partial charge in [0.05, 0.1) is 6.54 Å². The third-order valence-corrected chi connectivity index (χ3v) is 11.2. The van der Waals surface area contributed by atoms with Crippen LogP contribution in [0.2, 0.25) is 0 Å². The fraction of sp³-hybridized carbons (Fsp3) is 0.929. The van der Waals surface area contributed by atoms with Gasteiger partial charge in [-0.15, -0.1) is 4.91 Å². The van der Waals surface area contributed by atoms with Crippen molar-refractivity contribution in [1.29, 1.82) is 0 Å². The number of nitroso groups, excluding NO2 is 1. The molecule has 4 saturated carbocycles. The van der Waals surface area contributed by atoms with Crippen LogP contribution >= 0.6 is 0 Å². The maximum Gasteiger partial charge on any atom is 0.319 e. The molecule has 2 N–H and O–H groups in total. The molecule has 0 aromatic rings. The fourth-order valence-corrected chi connectivity index (χ4v) is 9.52. The van der Waals surface area contributed by atoms with E-state index in [0.29, 0.717) is 29.1 Å². The minimum atomic E-state index is -0.505. The Hall–Kier alpha value is -1.30. The number of amides is 1. The molecule has 4 aliphatic carbocycles. The number of hydrogen-bond acceptors (Lipinski definition) is 5. The maximum atomic E-state index is 11.7. The third kappa shape index (κ3) is 4.73. The normalized spacial score (nSPS) is 42.1. The zero-order valence-corrected chi connectivity index (χ0v) is 21.6. The molecule has 0 spiro atoms. The standard InChI is InChI=1S/C28H46N2O4/c1-18(6-4-5-7-25(31)30-33)22-10-11-23-21-9-8-19-16-20(34-26(32)17-29)12-14-27(19,2)24(21)13-15-28(22,23)3/h18-24H,4-17,29H2,1-3H3/t18-,19-,20-,21+,22?,23+,24+,27+,28-/m1/s1. The van der Waals surface area contributed by atoms with E-state index in [1.54, 1.807) is 0 Å². The highest BCUT2D eigenvalue weighted by molar-refractivity contribution is 5.76. The van der Waals surface area contributed by atoms with Crippen molar-refractivity contribution in [3.05, 3.63) is 4.91 Å². The molecule has 0 aromatic heterocycles. The molecule has 0 radical (unpaired) electrons. The molecule has 1 unspecified atom stereocenters. The van der Waals surface area contributed by atoms with Gasteiger partial charge in [0.1, 0.15) is 6.10 Å². The number of carbonyl (C=O) groups excluding carboxylic acids is 2. The molecule has 0 saturated heterocycles. The lowest BCUT2D eigenvalue weighted by Gasteiger charge is -2.61. The molecule has 34 heavy (non-hydrogen) atoms. The summed E-state index contributed by atoms with van der Waals surface area (Å²) in [6.45, 7) is 7.56. The SMILES string of the molecule is C[C@H](CCCCC(=O)N=O)C1CC[C@H]2[C@@H]3CC[C@@H]4C[C@H](OC(=O)CN)CC[C@]4(C)[C@H]3CC[C@]12C. The van der Waals surface area contributed by atoms with E-state index >= 15 is 0 Å². The van der Waals surface area contributed by atoms with Crippen LogP contribution in [0.15, 0.2) is 5.18 Å². The van der Waals surface area contributed by atoms with E-state index in [0.717, 1.165) is 55.8 Å². The molecule has 4 aliphatic rings. The summed E-state index contributed by atoms with van der Waals surface area (Å²) in [5, 5.41) is 2.52. The number of nitrogens with zero attached hydrogens (tertiary/aromatic N) is 1. The summed E-state index contributed by atoms with van der Waals surface area (Å²) in [6.07, 6.45) is 14.5. The van der Waals surface area contributed by atoms with Gasteiger partial charge in [-0.3, -0.25) is 9.59 Å². The van der Waals surface area contributed by atoms with Crippen LogP contribution < -0.4 is 5.73 Å². The molecule has 1 amide bonds. The Kier molecular flexibility index (Phi) is 7.86. The van der Waals surface area contributed by atoms with Crippen molar-refractivity contribution in [1.82, 2.24) is 0 Å². The van der Waals surface area contributed by atoms with Gasteiger partial charge in [0.2, 0.25) is 0 Å². The van der Waals surface area contributed by atoms with Gasteiger partial charge in [0, 0.05) is 11.6 Å². The number of carbonyl (C=O) groups is 2. The zero-order valence-electron chi connectivity index (χ0n) is 21.6. The largest absolute Gasteiger partial charge is 0.461 e. The minimum absolute atomic E-state index is 0.0168. The summed E-state index contributed by atoms with van der Waals surface area (Å²) in [7, 11) is 0. The highest BCUT2D eigenvalue weighted by atomic mass is 16.5. The molecule has 0 aromatic carbocycles. The number of nitrogens with two attached hydrogens (primary N) is 1. The minimum Gasteiger partial charge on any atom is -0.461 e. The van der Waals surface area contributed by atoms with Crippen LogP contribution in [-0.4, -0.2) is 24.5 Å². The van der Waals surface area contributed by atoms with Crippen LogP contribution in [-0.2, 0) is 14.3 Å². The lowest BCUT2D eigenvalue weighted by molar-refractivity contribution is -0.161. The van der Waals surface area contributed by atoms with Gasteiger partial charge in [-0.2, -0.15) is 0 Å². The van der Waals surface area contributed by atoms with Crippen molar-refractivity contribution in [2.45, 2.75) is 110 Å². The second kappa shape index (κ2) is 10.4. The van der Waals surface area contributed by atoms with Crippen molar-refractivity contribution < 1.29 is 14.3 Å². The van der Waals surface area contributed by atoms with E-state index in [-0.39, 0.29) is 18.6 Å². The van der Waals surface area contributed by atoms with Crippen LogP contribution in [0.5, 0.6) is 0 Å². The average molecular weight is 475 g/mol. The fourth-order valence-electron chi connectivity index (χ4n) is 9.52. The Bertz CT molecular complexity index is 772. The topological polar surface area (TPSA) is 98.8 Å². The van der Waals surface area contributed by atoms with Gasteiger partial charge in [0.15, 0.2) is 0 Å². The monoisotopic (exact) mass is 474 g/mol. The van der Waals surface area contributed by atoms with Crippen LogP contribution in [0.3, 0.4) is 0 Å².